The number of amides is 1. The summed E-state index contributed by atoms with van der Waals surface area (Å²) in [6.07, 6.45) is 4.51. The standard InChI is InChI=1S/C24H29N3O2S/c1-14-8-15(2)10-17(9-14)26-20(28)12-27-13-25-22-21(23(27)29)18-7-6-16(24(3,4)5)11-19(18)30-22/h8-10,13,16H,6-7,11-12H2,1-5H3,(H,26,28)/t16-/m0/s1. The molecule has 0 saturated heterocycles. The van der Waals surface area contributed by atoms with Gasteiger partial charge in [0.05, 0.1) is 11.7 Å². The van der Waals surface area contributed by atoms with E-state index in [1.807, 2.05) is 26.0 Å². The summed E-state index contributed by atoms with van der Waals surface area (Å²) in [5, 5.41) is 3.61. The third kappa shape index (κ3) is 4.06. The van der Waals surface area contributed by atoms with Crippen LogP contribution in [0.3, 0.4) is 0 Å². The normalized spacial score (nSPS) is 16.5. The molecule has 0 fully saturated rings. The fraction of sp³-hybridized carbons (Fsp3) is 0.458. The van der Waals surface area contributed by atoms with Gasteiger partial charge in [-0.05, 0) is 73.3 Å². The third-order valence-corrected chi connectivity index (χ3v) is 7.24. The minimum absolute atomic E-state index is 0.0377. The highest BCUT2D eigenvalue weighted by Crippen LogP contribution is 2.41. The van der Waals surface area contributed by atoms with Crippen molar-refractivity contribution in [1.29, 1.82) is 0 Å². The van der Waals surface area contributed by atoms with Crippen molar-refractivity contribution in [2.45, 2.75) is 60.4 Å². The molecule has 3 aromatic rings. The van der Waals surface area contributed by atoms with Gasteiger partial charge in [0.2, 0.25) is 5.91 Å². The molecule has 6 heteroatoms. The third-order valence-electron chi connectivity index (χ3n) is 6.08. The molecule has 1 N–H and O–H groups in total. The molecule has 2 heterocycles. The molecule has 0 saturated carbocycles. The number of hydrogen-bond donors (Lipinski definition) is 1. The van der Waals surface area contributed by atoms with Gasteiger partial charge in [0.25, 0.3) is 5.56 Å². The summed E-state index contributed by atoms with van der Waals surface area (Å²) in [6, 6.07) is 5.91. The first-order chi connectivity index (χ1) is 14.1. The van der Waals surface area contributed by atoms with Crippen LogP contribution in [0.25, 0.3) is 10.2 Å². The molecule has 30 heavy (non-hydrogen) atoms. The number of nitrogens with one attached hydrogen (secondary N) is 1. The van der Waals surface area contributed by atoms with Crippen molar-refractivity contribution in [3.63, 3.8) is 0 Å². The van der Waals surface area contributed by atoms with Crippen molar-refractivity contribution in [2.75, 3.05) is 5.32 Å². The van der Waals surface area contributed by atoms with Crippen molar-refractivity contribution >= 4 is 33.1 Å². The van der Waals surface area contributed by atoms with E-state index in [9.17, 15) is 9.59 Å². The van der Waals surface area contributed by atoms with Gasteiger partial charge in [-0.15, -0.1) is 11.3 Å². The molecule has 0 unspecified atom stereocenters. The second-order valence-corrected chi connectivity index (χ2v) is 10.7. The van der Waals surface area contributed by atoms with E-state index in [-0.39, 0.29) is 23.4 Å². The average Bonchev–Trinajstić information content (AvgIpc) is 3.00. The Bertz CT molecular complexity index is 1160. The van der Waals surface area contributed by atoms with E-state index in [0.717, 1.165) is 46.5 Å². The van der Waals surface area contributed by atoms with E-state index in [4.69, 9.17) is 0 Å². The molecule has 1 atom stereocenters. The maximum absolute atomic E-state index is 13.2. The first-order valence-corrected chi connectivity index (χ1v) is 11.3. The predicted molar refractivity (Wildman–Crippen MR) is 123 cm³/mol. The number of anilines is 1. The number of carbonyl (C=O) groups is 1. The molecule has 2 aromatic heterocycles. The lowest BCUT2D eigenvalue weighted by Crippen LogP contribution is -2.29. The molecule has 0 spiro atoms. The molecule has 1 aliphatic carbocycles. The van der Waals surface area contributed by atoms with Crippen LogP contribution in [-0.4, -0.2) is 15.5 Å². The Labute approximate surface area is 181 Å². The molecular weight excluding hydrogens is 394 g/mol. The Kier molecular flexibility index (Phi) is 5.30. The monoisotopic (exact) mass is 423 g/mol. The molecule has 1 amide bonds. The molecule has 158 valence electrons. The van der Waals surface area contributed by atoms with Crippen molar-refractivity contribution < 1.29 is 4.79 Å². The number of nitrogens with zero attached hydrogens (tertiary/aromatic N) is 2. The number of fused-ring (bicyclic) bond motifs is 3. The highest BCUT2D eigenvalue weighted by Gasteiger charge is 2.31. The van der Waals surface area contributed by atoms with Gasteiger partial charge in [-0.3, -0.25) is 14.2 Å². The van der Waals surface area contributed by atoms with Gasteiger partial charge in [-0.1, -0.05) is 26.8 Å². The molecule has 0 radical (unpaired) electrons. The number of benzene rings is 1. The Balaban J connectivity index is 1.60. The van der Waals surface area contributed by atoms with E-state index < -0.39 is 0 Å². The molecular formula is C24H29N3O2S. The van der Waals surface area contributed by atoms with Crippen molar-refractivity contribution in [1.82, 2.24) is 9.55 Å². The maximum atomic E-state index is 13.2. The Morgan fingerprint density at radius 3 is 2.60 bits per heavy atom. The summed E-state index contributed by atoms with van der Waals surface area (Å²) in [7, 11) is 0. The predicted octanol–water partition coefficient (Wildman–Crippen LogP) is 4.86. The van der Waals surface area contributed by atoms with Crippen molar-refractivity contribution in [3.8, 4) is 0 Å². The van der Waals surface area contributed by atoms with Crippen LogP contribution in [0.2, 0.25) is 0 Å². The van der Waals surface area contributed by atoms with Crippen LogP contribution in [0.5, 0.6) is 0 Å². The van der Waals surface area contributed by atoms with Crippen LogP contribution >= 0.6 is 11.3 Å². The van der Waals surface area contributed by atoms with Gasteiger partial charge in [0.15, 0.2) is 0 Å². The Morgan fingerprint density at radius 2 is 1.93 bits per heavy atom. The second kappa shape index (κ2) is 7.65. The van der Waals surface area contributed by atoms with Gasteiger partial charge in [0, 0.05) is 10.6 Å². The molecule has 0 aliphatic heterocycles. The summed E-state index contributed by atoms with van der Waals surface area (Å²) >= 11 is 1.64. The molecule has 1 aromatic carbocycles. The number of hydrogen-bond acceptors (Lipinski definition) is 4. The van der Waals surface area contributed by atoms with Gasteiger partial charge in [-0.25, -0.2) is 4.98 Å². The zero-order valence-electron chi connectivity index (χ0n) is 18.3. The first-order valence-electron chi connectivity index (χ1n) is 10.5. The van der Waals surface area contributed by atoms with E-state index in [2.05, 4.69) is 37.1 Å². The van der Waals surface area contributed by atoms with Crippen LogP contribution in [0.4, 0.5) is 5.69 Å². The summed E-state index contributed by atoms with van der Waals surface area (Å²) in [5.74, 6) is 0.393. The SMILES string of the molecule is Cc1cc(C)cc(NC(=O)Cn2cnc3sc4c(c3c2=O)CC[C@H](C(C)(C)C)C4)c1. The quantitative estimate of drug-likeness (QED) is 0.654. The smallest absolute Gasteiger partial charge is 0.262 e. The number of aryl methyl sites for hydroxylation is 3. The molecule has 1 aliphatic rings. The van der Waals surface area contributed by atoms with E-state index in [1.165, 1.54) is 15.8 Å². The van der Waals surface area contributed by atoms with Gasteiger partial charge >= 0.3 is 0 Å². The number of carbonyl (C=O) groups excluding carboxylic acids is 1. The summed E-state index contributed by atoms with van der Waals surface area (Å²) in [6.45, 7) is 10.8. The highest BCUT2D eigenvalue weighted by atomic mass is 32.1. The topological polar surface area (TPSA) is 64.0 Å². The lowest BCUT2D eigenvalue weighted by atomic mass is 9.72. The van der Waals surface area contributed by atoms with Crippen LogP contribution in [-0.2, 0) is 24.2 Å². The van der Waals surface area contributed by atoms with E-state index >= 15 is 0 Å². The minimum Gasteiger partial charge on any atom is -0.325 e. The highest BCUT2D eigenvalue weighted by molar-refractivity contribution is 7.18. The van der Waals surface area contributed by atoms with Gasteiger partial charge in [0.1, 0.15) is 11.4 Å². The molecule has 0 bridgehead atoms. The maximum Gasteiger partial charge on any atom is 0.262 e. The van der Waals surface area contributed by atoms with Crippen LogP contribution in [0, 0.1) is 25.2 Å². The lowest BCUT2D eigenvalue weighted by Gasteiger charge is -2.33. The van der Waals surface area contributed by atoms with Crippen LogP contribution in [0.1, 0.15) is 48.8 Å². The van der Waals surface area contributed by atoms with Gasteiger partial charge in [-0.2, -0.15) is 0 Å². The second-order valence-electron chi connectivity index (χ2n) is 9.59. The fourth-order valence-corrected chi connectivity index (χ4v) is 5.71. The number of aromatic nitrogens is 2. The van der Waals surface area contributed by atoms with Crippen molar-refractivity contribution in [2.24, 2.45) is 11.3 Å². The van der Waals surface area contributed by atoms with Crippen LogP contribution in [0.15, 0.2) is 29.3 Å². The average molecular weight is 424 g/mol. The lowest BCUT2D eigenvalue weighted by molar-refractivity contribution is -0.116. The zero-order valence-corrected chi connectivity index (χ0v) is 19.2. The largest absolute Gasteiger partial charge is 0.325 e. The number of thiophene rings is 1. The van der Waals surface area contributed by atoms with E-state index in [0.29, 0.717) is 11.3 Å². The molecule has 5 nitrogen and oxygen atoms in total. The molecule has 4 rings (SSSR count). The van der Waals surface area contributed by atoms with Crippen LogP contribution < -0.4 is 10.9 Å². The van der Waals surface area contributed by atoms with Gasteiger partial charge < -0.3 is 5.32 Å². The summed E-state index contributed by atoms with van der Waals surface area (Å²) in [5.41, 5.74) is 4.22. The fourth-order valence-electron chi connectivity index (χ4n) is 4.46. The zero-order chi connectivity index (χ0) is 21.6. The Hall–Kier alpha value is -2.47. The first kappa shape index (κ1) is 20.8. The number of rotatable bonds is 3. The minimum atomic E-state index is -0.222. The summed E-state index contributed by atoms with van der Waals surface area (Å²) < 4.78 is 1.43. The van der Waals surface area contributed by atoms with E-state index in [1.54, 1.807) is 11.3 Å². The summed E-state index contributed by atoms with van der Waals surface area (Å²) in [4.78, 5) is 32.4. The Morgan fingerprint density at radius 1 is 1.23 bits per heavy atom. The van der Waals surface area contributed by atoms with Crippen molar-refractivity contribution in [3.05, 3.63) is 56.4 Å².